The number of nitrogens with one attached hydrogen (secondary N) is 3. The second-order valence-electron chi connectivity index (χ2n) is 5.07. The summed E-state index contributed by atoms with van der Waals surface area (Å²) in [5, 5.41) is 11.6. The second kappa shape index (κ2) is 8.84. The molecule has 2 amide bonds. The SMILES string of the molecule is CC(Oc1ccc(Cl)cc1)C(=O)NCCNC(=O)c1ccc(=O)[nH]n1. The van der Waals surface area contributed by atoms with Gasteiger partial charge in [-0.05, 0) is 37.3 Å². The van der Waals surface area contributed by atoms with E-state index in [1.54, 1.807) is 31.2 Å². The maximum atomic E-state index is 11.9. The van der Waals surface area contributed by atoms with Gasteiger partial charge in [0.05, 0.1) is 0 Å². The number of aromatic nitrogens is 2. The molecule has 25 heavy (non-hydrogen) atoms. The lowest BCUT2D eigenvalue weighted by Crippen LogP contribution is -2.40. The number of H-pyrrole nitrogens is 1. The molecular weight excluding hydrogens is 348 g/mol. The Kier molecular flexibility index (Phi) is 6.53. The summed E-state index contributed by atoms with van der Waals surface area (Å²) in [4.78, 5) is 34.6. The van der Waals surface area contributed by atoms with Gasteiger partial charge in [-0.2, -0.15) is 5.10 Å². The standard InChI is InChI=1S/C16H17ClN4O4/c1-10(25-12-4-2-11(17)3-5-12)15(23)18-8-9-19-16(24)13-6-7-14(22)21-20-13/h2-7,10H,8-9H2,1H3,(H,18,23)(H,19,24)(H,21,22). The number of hydrogen-bond donors (Lipinski definition) is 3. The van der Waals surface area contributed by atoms with Crippen LogP contribution in [0.15, 0.2) is 41.2 Å². The predicted octanol–water partition coefficient (Wildman–Crippen LogP) is 0.737. The molecule has 0 saturated carbocycles. The Hall–Kier alpha value is -2.87. The van der Waals surface area contributed by atoms with Crippen LogP contribution in [0, 0.1) is 0 Å². The first kappa shape index (κ1) is 18.5. The van der Waals surface area contributed by atoms with Gasteiger partial charge >= 0.3 is 0 Å². The number of ether oxygens (including phenoxy) is 1. The summed E-state index contributed by atoms with van der Waals surface area (Å²) < 4.78 is 5.49. The largest absolute Gasteiger partial charge is 0.481 e. The highest BCUT2D eigenvalue weighted by atomic mass is 35.5. The molecule has 0 aliphatic carbocycles. The summed E-state index contributed by atoms with van der Waals surface area (Å²) in [5.41, 5.74) is -0.302. The molecule has 0 aliphatic heterocycles. The molecule has 0 fully saturated rings. The van der Waals surface area contributed by atoms with Gasteiger partial charge < -0.3 is 15.4 Å². The molecule has 2 aromatic rings. The monoisotopic (exact) mass is 364 g/mol. The summed E-state index contributed by atoms with van der Waals surface area (Å²) in [6.45, 7) is 2.05. The Morgan fingerprint density at radius 3 is 2.48 bits per heavy atom. The third kappa shape index (κ3) is 5.92. The molecule has 8 nitrogen and oxygen atoms in total. The number of aromatic amines is 1. The fourth-order valence-corrected chi connectivity index (χ4v) is 1.96. The molecule has 0 saturated heterocycles. The Morgan fingerprint density at radius 2 is 1.84 bits per heavy atom. The lowest BCUT2D eigenvalue weighted by atomic mass is 10.3. The van der Waals surface area contributed by atoms with Crippen LogP contribution in [0.3, 0.4) is 0 Å². The third-order valence-corrected chi connectivity index (χ3v) is 3.37. The minimum atomic E-state index is -0.697. The molecule has 9 heteroatoms. The average Bonchev–Trinajstić information content (AvgIpc) is 2.60. The maximum absolute atomic E-state index is 11.9. The van der Waals surface area contributed by atoms with Crippen LogP contribution in [-0.4, -0.2) is 41.2 Å². The summed E-state index contributed by atoms with van der Waals surface area (Å²) in [5.74, 6) is -0.230. The predicted molar refractivity (Wildman–Crippen MR) is 91.7 cm³/mol. The fourth-order valence-electron chi connectivity index (χ4n) is 1.84. The second-order valence-corrected chi connectivity index (χ2v) is 5.50. The van der Waals surface area contributed by atoms with Crippen LogP contribution in [0.25, 0.3) is 0 Å². The first-order valence-electron chi connectivity index (χ1n) is 7.49. The van der Waals surface area contributed by atoms with E-state index >= 15 is 0 Å². The van der Waals surface area contributed by atoms with E-state index in [0.717, 1.165) is 0 Å². The summed E-state index contributed by atoms with van der Waals surface area (Å²) >= 11 is 5.78. The van der Waals surface area contributed by atoms with Crippen LogP contribution in [0.2, 0.25) is 5.02 Å². The first-order chi connectivity index (χ1) is 12.0. The molecule has 1 unspecified atom stereocenters. The van der Waals surface area contributed by atoms with Crippen molar-refractivity contribution in [3.63, 3.8) is 0 Å². The van der Waals surface area contributed by atoms with Crippen molar-refractivity contribution in [2.45, 2.75) is 13.0 Å². The highest BCUT2D eigenvalue weighted by molar-refractivity contribution is 6.30. The van der Waals surface area contributed by atoms with Crippen LogP contribution in [0.1, 0.15) is 17.4 Å². The summed E-state index contributed by atoms with van der Waals surface area (Å²) in [7, 11) is 0. The van der Waals surface area contributed by atoms with E-state index in [2.05, 4.69) is 20.8 Å². The van der Waals surface area contributed by atoms with Crippen molar-refractivity contribution in [1.29, 1.82) is 0 Å². The zero-order valence-electron chi connectivity index (χ0n) is 13.4. The van der Waals surface area contributed by atoms with Gasteiger partial charge in [0.2, 0.25) is 0 Å². The topological polar surface area (TPSA) is 113 Å². The van der Waals surface area contributed by atoms with E-state index in [1.165, 1.54) is 12.1 Å². The summed E-state index contributed by atoms with van der Waals surface area (Å²) in [6.07, 6.45) is -0.697. The molecule has 0 aliphatic rings. The molecule has 2 rings (SSSR count). The Labute approximate surface area is 148 Å². The van der Waals surface area contributed by atoms with E-state index in [1.807, 2.05) is 0 Å². The Morgan fingerprint density at radius 1 is 1.16 bits per heavy atom. The van der Waals surface area contributed by atoms with E-state index in [9.17, 15) is 14.4 Å². The average molecular weight is 365 g/mol. The van der Waals surface area contributed by atoms with Crippen molar-refractivity contribution in [3.05, 3.63) is 57.5 Å². The van der Waals surface area contributed by atoms with Gasteiger partial charge in [-0.25, -0.2) is 5.10 Å². The van der Waals surface area contributed by atoms with Gasteiger partial charge in [0.1, 0.15) is 11.4 Å². The number of halogens is 1. The number of benzene rings is 1. The van der Waals surface area contributed by atoms with Gasteiger partial charge in [-0.15, -0.1) is 0 Å². The van der Waals surface area contributed by atoms with Crippen molar-refractivity contribution in [2.24, 2.45) is 0 Å². The zero-order valence-corrected chi connectivity index (χ0v) is 14.2. The summed E-state index contributed by atoms with van der Waals surface area (Å²) in [6, 6.07) is 9.20. The van der Waals surface area contributed by atoms with E-state index in [0.29, 0.717) is 10.8 Å². The lowest BCUT2D eigenvalue weighted by Gasteiger charge is -2.15. The van der Waals surface area contributed by atoms with E-state index in [4.69, 9.17) is 16.3 Å². The van der Waals surface area contributed by atoms with Crippen molar-refractivity contribution >= 4 is 23.4 Å². The fraction of sp³-hybridized carbons (Fsp3) is 0.250. The molecular formula is C16H17ClN4O4. The zero-order chi connectivity index (χ0) is 18.2. The molecule has 132 valence electrons. The minimum Gasteiger partial charge on any atom is -0.481 e. The van der Waals surface area contributed by atoms with Gasteiger partial charge in [-0.1, -0.05) is 11.6 Å². The molecule has 1 aromatic carbocycles. The molecule has 1 aromatic heterocycles. The van der Waals surface area contributed by atoms with Crippen molar-refractivity contribution in [1.82, 2.24) is 20.8 Å². The first-order valence-corrected chi connectivity index (χ1v) is 7.87. The van der Waals surface area contributed by atoms with Gasteiger partial charge in [0, 0.05) is 24.2 Å². The van der Waals surface area contributed by atoms with E-state index < -0.39 is 17.6 Å². The van der Waals surface area contributed by atoms with Crippen LogP contribution in [0.5, 0.6) is 5.75 Å². The highest BCUT2D eigenvalue weighted by Gasteiger charge is 2.14. The number of amides is 2. The number of nitrogens with zero attached hydrogens (tertiary/aromatic N) is 1. The molecule has 3 N–H and O–H groups in total. The third-order valence-electron chi connectivity index (χ3n) is 3.12. The van der Waals surface area contributed by atoms with Gasteiger partial charge in [-0.3, -0.25) is 14.4 Å². The Balaban J connectivity index is 1.70. The molecule has 1 atom stereocenters. The molecule has 0 bridgehead atoms. The quantitative estimate of drug-likeness (QED) is 0.627. The van der Waals surface area contributed by atoms with Gasteiger partial charge in [0.25, 0.3) is 17.4 Å². The van der Waals surface area contributed by atoms with Crippen LogP contribution >= 0.6 is 11.6 Å². The molecule has 0 spiro atoms. The smallest absolute Gasteiger partial charge is 0.271 e. The van der Waals surface area contributed by atoms with Crippen LogP contribution in [-0.2, 0) is 4.79 Å². The van der Waals surface area contributed by atoms with E-state index in [-0.39, 0.29) is 24.7 Å². The van der Waals surface area contributed by atoms with Crippen molar-refractivity contribution < 1.29 is 14.3 Å². The molecule has 0 radical (unpaired) electrons. The maximum Gasteiger partial charge on any atom is 0.271 e. The minimum absolute atomic E-state index is 0.0883. The Bertz CT molecular complexity index is 771. The lowest BCUT2D eigenvalue weighted by molar-refractivity contribution is -0.127. The van der Waals surface area contributed by atoms with Crippen LogP contribution < -0.4 is 20.9 Å². The van der Waals surface area contributed by atoms with Crippen LogP contribution in [0.4, 0.5) is 0 Å². The number of rotatable bonds is 7. The van der Waals surface area contributed by atoms with Crippen molar-refractivity contribution in [2.75, 3.05) is 13.1 Å². The number of carbonyl (C=O) groups excluding carboxylic acids is 2. The van der Waals surface area contributed by atoms with Crippen molar-refractivity contribution in [3.8, 4) is 5.75 Å². The molecule has 1 heterocycles. The van der Waals surface area contributed by atoms with Gasteiger partial charge in [0.15, 0.2) is 6.10 Å². The highest BCUT2D eigenvalue weighted by Crippen LogP contribution is 2.16. The normalized spacial score (nSPS) is 11.4. The number of carbonyl (C=O) groups is 2. The number of hydrogen-bond acceptors (Lipinski definition) is 5.